The largest absolute Gasteiger partial charge is 0.475 e. The van der Waals surface area contributed by atoms with Crippen LogP contribution in [0.4, 0.5) is 0 Å². The van der Waals surface area contributed by atoms with E-state index < -0.39 is 5.97 Å². The molecule has 0 aliphatic heterocycles. The Morgan fingerprint density at radius 3 is 2.67 bits per heavy atom. The average Bonchev–Trinajstić information content (AvgIpc) is 2.93. The van der Waals surface area contributed by atoms with Gasteiger partial charge < -0.3 is 9.63 Å². The minimum absolute atomic E-state index is 0.00532. The molecule has 0 aromatic carbocycles. The van der Waals surface area contributed by atoms with E-state index in [-0.39, 0.29) is 11.2 Å². The highest BCUT2D eigenvalue weighted by Gasteiger charge is 2.49. The fourth-order valence-electron chi connectivity index (χ4n) is 3.02. The Hall–Kier alpha value is -1.39. The molecule has 2 aliphatic carbocycles. The lowest BCUT2D eigenvalue weighted by Crippen LogP contribution is -2.20. The van der Waals surface area contributed by atoms with E-state index in [1.165, 1.54) is 12.8 Å². The van der Waals surface area contributed by atoms with Crippen LogP contribution in [-0.4, -0.2) is 21.2 Å². The highest BCUT2D eigenvalue weighted by atomic mass is 16.5. The SMILES string of the molecule is O=C(O)c1noc(C23CCC(CC2)C3)n1. The molecule has 0 radical (unpaired) electrons. The molecule has 2 aliphatic rings. The fourth-order valence-corrected chi connectivity index (χ4v) is 3.02. The number of aromatic carboxylic acids is 1. The zero-order chi connectivity index (χ0) is 10.5. The van der Waals surface area contributed by atoms with Crippen LogP contribution in [-0.2, 0) is 5.41 Å². The lowest BCUT2D eigenvalue weighted by atomic mass is 9.84. The molecular weight excluding hydrogens is 196 g/mol. The molecule has 2 bridgehead atoms. The number of carboxylic acid groups (broad SMARTS) is 1. The third kappa shape index (κ3) is 1.19. The van der Waals surface area contributed by atoms with Crippen LogP contribution in [0.1, 0.15) is 48.6 Å². The third-order valence-electron chi connectivity index (χ3n) is 3.81. The second-order valence-corrected chi connectivity index (χ2v) is 4.66. The van der Waals surface area contributed by atoms with Gasteiger partial charge in [0.2, 0.25) is 5.89 Å². The van der Waals surface area contributed by atoms with Gasteiger partial charge in [-0.3, -0.25) is 0 Å². The summed E-state index contributed by atoms with van der Waals surface area (Å²) >= 11 is 0. The molecular formula is C10H12N2O3. The Kier molecular flexibility index (Phi) is 1.66. The van der Waals surface area contributed by atoms with Crippen molar-refractivity contribution in [1.29, 1.82) is 0 Å². The van der Waals surface area contributed by atoms with Crippen LogP contribution in [0, 0.1) is 5.92 Å². The summed E-state index contributed by atoms with van der Waals surface area (Å²) in [6, 6.07) is 0. The van der Waals surface area contributed by atoms with Crippen LogP contribution in [0.3, 0.4) is 0 Å². The van der Waals surface area contributed by atoms with E-state index in [0.29, 0.717) is 5.89 Å². The molecule has 3 rings (SSSR count). The molecule has 2 fully saturated rings. The van der Waals surface area contributed by atoms with Crippen LogP contribution in [0.2, 0.25) is 0 Å². The first kappa shape index (κ1) is 8.88. The van der Waals surface area contributed by atoms with Crippen molar-refractivity contribution < 1.29 is 14.4 Å². The number of hydrogen-bond acceptors (Lipinski definition) is 4. The van der Waals surface area contributed by atoms with Crippen LogP contribution >= 0.6 is 0 Å². The molecule has 15 heavy (non-hydrogen) atoms. The predicted molar refractivity (Wildman–Crippen MR) is 49.5 cm³/mol. The molecule has 1 aromatic rings. The summed E-state index contributed by atoms with van der Waals surface area (Å²) in [5.74, 6) is -0.00579. The number of carbonyl (C=O) groups is 1. The van der Waals surface area contributed by atoms with E-state index in [2.05, 4.69) is 10.1 Å². The fraction of sp³-hybridized carbons (Fsp3) is 0.700. The van der Waals surface area contributed by atoms with Gasteiger partial charge in [-0.15, -0.1) is 0 Å². The van der Waals surface area contributed by atoms with Crippen molar-refractivity contribution >= 4 is 5.97 Å². The molecule has 80 valence electrons. The maximum Gasteiger partial charge on any atom is 0.377 e. The highest BCUT2D eigenvalue weighted by Crippen LogP contribution is 2.54. The summed E-state index contributed by atoms with van der Waals surface area (Å²) < 4.78 is 5.09. The van der Waals surface area contributed by atoms with Gasteiger partial charge in [0.15, 0.2) is 0 Å². The van der Waals surface area contributed by atoms with E-state index in [9.17, 15) is 4.79 Å². The Morgan fingerprint density at radius 2 is 2.20 bits per heavy atom. The molecule has 5 heteroatoms. The predicted octanol–water partition coefficient (Wildman–Crippen LogP) is 1.60. The molecule has 1 N–H and O–H groups in total. The Bertz CT molecular complexity index is 405. The molecule has 5 nitrogen and oxygen atoms in total. The number of hydrogen-bond donors (Lipinski definition) is 1. The van der Waals surface area contributed by atoms with Gasteiger partial charge in [0.25, 0.3) is 5.82 Å². The van der Waals surface area contributed by atoms with Crippen molar-refractivity contribution in [2.45, 2.75) is 37.5 Å². The van der Waals surface area contributed by atoms with Crippen molar-refractivity contribution in [1.82, 2.24) is 10.1 Å². The Morgan fingerprint density at radius 1 is 1.47 bits per heavy atom. The highest BCUT2D eigenvalue weighted by molar-refractivity contribution is 5.82. The maximum atomic E-state index is 10.6. The second-order valence-electron chi connectivity index (χ2n) is 4.66. The topological polar surface area (TPSA) is 76.2 Å². The van der Waals surface area contributed by atoms with E-state index in [0.717, 1.165) is 25.2 Å². The number of aromatic nitrogens is 2. The summed E-state index contributed by atoms with van der Waals surface area (Å²) in [5.41, 5.74) is 0.00532. The van der Waals surface area contributed by atoms with Crippen molar-refractivity contribution in [2.75, 3.05) is 0 Å². The summed E-state index contributed by atoms with van der Waals surface area (Å²) in [5, 5.41) is 12.2. The molecule has 0 unspecified atom stereocenters. The summed E-state index contributed by atoms with van der Waals surface area (Å²) in [4.78, 5) is 14.6. The van der Waals surface area contributed by atoms with Gasteiger partial charge in [0, 0.05) is 5.41 Å². The molecule has 0 spiro atoms. The Balaban J connectivity index is 1.95. The Labute approximate surface area is 86.5 Å². The number of carboxylic acids is 1. The molecule has 1 aromatic heterocycles. The van der Waals surface area contributed by atoms with Crippen molar-refractivity contribution in [2.24, 2.45) is 5.92 Å². The first-order valence-corrected chi connectivity index (χ1v) is 5.27. The van der Waals surface area contributed by atoms with Gasteiger partial charge in [-0.05, 0) is 43.2 Å². The first-order valence-electron chi connectivity index (χ1n) is 5.27. The number of fused-ring (bicyclic) bond motifs is 2. The smallest absolute Gasteiger partial charge is 0.377 e. The molecule has 1 heterocycles. The van der Waals surface area contributed by atoms with Gasteiger partial charge >= 0.3 is 5.97 Å². The summed E-state index contributed by atoms with van der Waals surface area (Å²) in [6.45, 7) is 0. The van der Waals surface area contributed by atoms with Gasteiger partial charge in [0.1, 0.15) is 0 Å². The van der Waals surface area contributed by atoms with Gasteiger partial charge in [-0.25, -0.2) is 4.79 Å². The van der Waals surface area contributed by atoms with E-state index >= 15 is 0 Å². The minimum Gasteiger partial charge on any atom is -0.475 e. The zero-order valence-electron chi connectivity index (χ0n) is 8.27. The monoisotopic (exact) mass is 208 g/mol. The van der Waals surface area contributed by atoms with Crippen LogP contribution in [0.5, 0.6) is 0 Å². The summed E-state index contributed by atoms with van der Waals surface area (Å²) in [6.07, 6.45) is 5.65. The van der Waals surface area contributed by atoms with Gasteiger partial charge in [-0.1, -0.05) is 0 Å². The number of rotatable bonds is 2. The first-order chi connectivity index (χ1) is 7.20. The van der Waals surface area contributed by atoms with Gasteiger partial charge in [-0.2, -0.15) is 4.98 Å². The molecule has 0 atom stereocenters. The normalized spacial score (nSPS) is 33.5. The molecule has 0 saturated heterocycles. The molecule has 2 saturated carbocycles. The van der Waals surface area contributed by atoms with Crippen molar-refractivity contribution in [3.8, 4) is 0 Å². The lowest BCUT2D eigenvalue weighted by Gasteiger charge is -2.20. The standard InChI is InChI=1S/C10H12N2O3/c13-8(14)7-11-9(15-12-7)10-3-1-6(5-10)2-4-10/h6H,1-5H2,(H,13,14). The lowest BCUT2D eigenvalue weighted by molar-refractivity contribution is 0.0680. The van der Waals surface area contributed by atoms with E-state index in [1.807, 2.05) is 0 Å². The van der Waals surface area contributed by atoms with Gasteiger partial charge in [0.05, 0.1) is 0 Å². The van der Waals surface area contributed by atoms with Crippen LogP contribution in [0.25, 0.3) is 0 Å². The molecule has 0 amide bonds. The number of nitrogens with zero attached hydrogens (tertiary/aromatic N) is 2. The third-order valence-corrected chi connectivity index (χ3v) is 3.81. The summed E-state index contributed by atoms with van der Waals surface area (Å²) in [7, 11) is 0. The van der Waals surface area contributed by atoms with Crippen molar-refractivity contribution in [3.05, 3.63) is 11.7 Å². The maximum absolute atomic E-state index is 10.6. The van der Waals surface area contributed by atoms with Crippen molar-refractivity contribution in [3.63, 3.8) is 0 Å². The second kappa shape index (κ2) is 2.81. The van der Waals surface area contributed by atoms with E-state index in [1.54, 1.807) is 0 Å². The zero-order valence-corrected chi connectivity index (χ0v) is 8.27. The van der Waals surface area contributed by atoms with Crippen LogP contribution in [0.15, 0.2) is 4.52 Å². The van der Waals surface area contributed by atoms with Crippen LogP contribution < -0.4 is 0 Å². The average molecular weight is 208 g/mol. The van der Waals surface area contributed by atoms with E-state index in [4.69, 9.17) is 9.63 Å². The minimum atomic E-state index is -1.12. The quantitative estimate of drug-likeness (QED) is 0.798.